The van der Waals surface area contributed by atoms with Gasteiger partial charge in [-0.15, -0.1) is 0 Å². The van der Waals surface area contributed by atoms with E-state index in [1.807, 2.05) is 12.1 Å². The molecule has 0 fully saturated rings. The lowest BCUT2D eigenvalue weighted by Crippen LogP contribution is -1.98. The van der Waals surface area contributed by atoms with Crippen molar-refractivity contribution in [1.82, 2.24) is 0 Å². The predicted octanol–water partition coefficient (Wildman–Crippen LogP) is 3.66. The van der Waals surface area contributed by atoms with Gasteiger partial charge < -0.3 is 9.84 Å². The molecule has 0 saturated carbocycles. The van der Waals surface area contributed by atoms with Crippen molar-refractivity contribution in [3.63, 3.8) is 0 Å². The van der Waals surface area contributed by atoms with Gasteiger partial charge in [0.2, 0.25) is 5.78 Å². The van der Waals surface area contributed by atoms with Gasteiger partial charge in [0, 0.05) is 5.02 Å². The fraction of sp³-hybridized carbons (Fsp3) is 0. The first-order valence-electron chi connectivity index (χ1n) is 5.67. The van der Waals surface area contributed by atoms with Crippen LogP contribution in [0.2, 0.25) is 5.02 Å². The number of allylic oxidation sites excluding steroid dienone is 1. The van der Waals surface area contributed by atoms with E-state index >= 15 is 0 Å². The molecular formula is C15H9ClO3. The van der Waals surface area contributed by atoms with Crippen LogP contribution in [0.15, 0.2) is 48.2 Å². The molecule has 1 aliphatic heterocycles. The SMILES string of the molecule is O=C1/C(=C/c2ccccc2Cl)Oc2ccc(O)cc21. The Balaban J connectivity index is 2.03. The molecule has 0 amide bonds. The number of ketones is 1. The lowest BCUT2D eigenvalue weighted by molar-refractivity contribution is 0.101. The van der Waals surface area contributed by atoms with Crippen LogP contribution in [0.25, 0.3) is 6.08 Å². The highest BCUT2D eigenvalue weighted by atomic mass is 35.5. The van der Waals surface area contributed by atoms with Crippen molar-refractivity contribution in [2.24, 2.45) is 0 Å². The summed E-state index contributed by atoms with van der Waals surface area (Å²) in [5.74, 6) is 0.426. The number of halogens is 1. The molecule has 1 heterocycles. The average molecular weight is 273 g/mol. The van der Waals surface area contributed by atoms with Crippen molar-refractivity contribution < 1.29 is 14.6 Å². The van der Waals surface area contributed by atoms with Gasteiger partial charge in [-0.1, -0.05) is 29.8 Å². The molecule has 0 unspecified atom stereocenters. The fourth-order valence-corrected chi connectivity index (χ4v) is 2.10. The summed E-state index contributed by atoms with van der Waals surface area (Å²) in [5.41, 5.74) is 1.07. The molecule has 4 heteroatoms. The third kappa shape index (κ3) is 2.09. The summed E-state index contributed by atoms with van der Waals surface area (Å²) in [6.45, 7) is 0. The number of hydrogen-bond acceptors (Lipinski definition) is 3. The number of hydrogen-bond donors (Lipinski definition) is 1. The van der Waals surface area contributed by atoms with Crippen molar-refractivity contribution in [1.29, 1.82) is 0 Å². The minimum absolute atomic E-state index is 0.0368. The van der Waals surface area contributed by atoms with Crippen LogP contribution in [-0.2, 0) is 0 Å². The molecule has 94 valence electrons. The molecule has 1 N–H and O–H groups in total. The Kier molecular flexibility index (Phi) is 2.76. The molecule has 3 rings (SSSR count). The second kappa shape index (κ2) is 4.44. The van der Waals surface area contributed by atoms with Crippen LogP contribution in [-0.4, -0.2) is 10.9 Å². The summed E-state index contributed by atoms with van der Waals surface area (Å²) in [6.07, 6.45) is 1.60. The first kappa shape index (κ1) is 11.8. The van der Waals surface area contributed by atoms with E-state index in [0.29, 0.717) is 21.9 Å². The van der Waals surface area contributed by atoms with Crippen LogP contribution < -0.4 is 4.74 Å². The van der Waals surface area contributed by atoms with E-state index in [0.717, 1.165) is 0 Å². The van der Waals surface area contributed by atoms with Crippen LogP contribution >= 0.6 is 11.6 Å². The number of carbonyl (C=O) groups is 1. The monoisotopic (exact) mass is 272 g/mol. The highest BCUT2D eigenvalue weighted by molar-refractivity contribution is 6.32. The highest BCUT2D eigenvalue weighted by Crippen LogP contribution is 2.34. The van der Waals surface area contributed by atoms with Gasteiger partial charge in [-0.05, 0) is 35.9 Å². The van der Waals surface area contributed by atoms with Gasteiger partial charge in [0.05, 0.1) is 5.56 Å². The van der Waals surface area contributed by atoms with E-state index in [4.69, 9.17) is 16.3 Å². The summed E-state index contributed by atoms with van der Waals surface area (Å²) in [5, 5.41) is 9.93. The summed E-state index contributed by atoms with van der Waals surface area (Å²) in [7, 11) is 0. The lowest BCUT2D eigenvalue weighted by atomic mass is 10.1. The Morgan fingerprint density at radius 1 is 1.16 bits per heavy atom. The molecule has 0 spiro atoms. The number of phenolic OH excluding ortho intramolecular Hbond substituents is 1. The molecule has 0 bridgehead atoms. The van der Waals surface area contributed by atoms with E-state index in [2.05, 4.69) is 0 Å². The highest BCUT2D eigenvalue weighted by Gasteiger charge is 2.27. The molecule has 2 aromatic rings. The first-order chi connectivity index (χ1) is 9.15. The zero-order valence-electron chi connectivity index (χ0n) is 9.76. The van der Waals surface area contributed by atoms with Crippen molar-refractivity contribution in [3.05, 3.63) is 64.4 Å². The fourth-order valence-electron chi connectivity index (χ4n) is 1.91. The quantitative estimate of drug-likeness (QED) is 0.806. The van der Waals surface area contributed by atoms with Gasteiger partial charge in [-0.3, -0.25) is 4.79 Å². The van der Waals surface area contributed by atoms with Crippen molar-refractivity contribution >= 4 is 23.5 Å². The zero-order chi connectivity index (χ0) is 13.4. The number of Topliss-reactive ketones (excluding diaryl/α,β-unsaturated/α-hetero) is 1. The van der Waals surface area contributed by atoms with Gasteiger partial charge in [-0.2, -0.15) is 0 Å². The molecule has 0 radical (unpaired) electrons. The van der Waals surface area contributed by atoms with Crippen LogP contribution in [0.1, 0.15) is 15.9 Å². The molecule has 0 aliphatic carbocycles. The Bertz CT molecular complexity index is 704. The summed E-state index contributed by atoms with van der Waals surface area (Å²) in [6, 6.07) is 11.6. The molecule has 0 aromatic heterocycles. The topological polar surface area (TPSA) is 46.5 Å². The third-order valence-corrected chi connectivity index (χ3v) is 3.19. The van der Waals surface area contributed by atoms with Gasteiger partial charge in [-0.25, -0.2) is 0 Å². The Labute approximate surface area is 114 Å². The number of ether oxygens (including phenoxy) is 1. The number of carbonyl (C=O) groups excluding carboxylic acids is 1. The van der Waals surface area contributed by atoms with E-state index in [9.17, 15) is 9.90 Å². The van der Waals surface area contributed by atoms with E-state index in [-0.39, 0.29) is 17.3 Å². The average Bonchev–Trinajstić information content (AvgIpc) is 2.70. The minimum atomic E-state index is -0.259. The maximum atomic E-state index is 12.1. The first-order valence-corrected chi connectivity index (χ1v) is 6.05. The lowest BCUT2D eigenvalue weighted by Gasteiger charge is -2.00. The van der Waals surface area contributed by atoms with Gasteiger partial charge in [0.15, 0.2) is 5.76 Å². The van der Waals surface area contributed by atoms with Gasteiger partial charge in [0.1, 0.15) is 11.5 Å². The van der Waals surface area contributed by atoms with Gasteiger partial charge >= 0.3 is 0 Å². The predicted molar refractivity (Wildman–Crippen MR) is 72.5 cm³/mol. The number of aromatic hydroxyl groups is 1. The summed E-state index contributed by atoms with van der Waals surface area (Å²) in [4.78, 5) is 12.1. The minimum Gasteiger partial charge on any atom is -0.508 e. The van der Waals surface area contributed by atoms with E-state index in [1.165, 1.54) is 12.1 Å². The normalized spacial score (nSPS) is 15.4. The van der Waals surface area contributed by atoms with Crippen molar-refractivity contribution in [2.75, 3.05) is 0 Å². The van der Waals surface area contributed by atoms with E-state index < -0.39 is 0 Å². The van der Waals surface area contributed by atoms with Crippen molar-refractivity contribution in [2.45, 2.75) is 0 Å². The van der Waals surface area contributed by atoms with Crippen LogP contribution in [0.4, 0.5) is 0 Å². The maximum Gasteiger partial charge on any atom is 0.232 e. The third-order valence-electron chi connectivity index (χ3n) is 2.84. The number of phenols is 1. The molecular weight excluding hydrogens is 264 g/mol. The number of benzene rings is 2. The summed E-state index contributed by atoms with van der Waals surface area (Å²) >= 11 is 6.04. The standard InChI is InChI=1S/C15H9ClO3/c16-12-4-2-1-3-9(12)7-14-15(18)11-8-10(17)5-6-13(11)19-14/h1-8,17H/b14-7-. The summed E-state index contributed by atoms with van der Waals surface area (Å²) < 4.78 is 5.47. The van der Waals surface area contributed by atoms with E-state index in [1.54, 1.807) is 24.3 Å². The second-order valence-corrected chi connectivity index (χ2v) is 4.55. The van der Waals surface area contributed by atoms with Crippen molar-refractivity contribution in [3.8, 4) is 11.5 Å². The number of fused-ring (bicyclic) bond motifs is 1. The smallest absolute Gasteiger partial charge is 0.232 e. The Morgan fingerprint density at radius 2 is 1.95 bits per heavy atom. The molecule has 2 aromatic carbocycles. The molecule has 3 nitrogen and oxygen atoms in total. The number of rotatable bonds is 1. The Morgan fingerprint density at radius 3 is 2.74 bits per heavy atom. The Hall–Kier alpha value is -2.26. The molecule has 19 heavy (non-hydrogen) atoms. The maximum absolute atomic E-state index is 12.1. The molecule has 1 aliphatic rings. The van der Waals surface area contributed by atoms with Gasteiger partial charge in [0.25, 0.3) is 0 Å². The second-order valence-electron chi connectivity index (χ2n) is 4.14. The largest absolute Gasteiger partial charge is 0.508 e. The van der Waals surface area contributed by atoms with Crippen LogP contribution in [0, 0.1) is 0 Å². The molecule has 0 atom stereocenters. The zero-order valence-corrected chi connectivity index (χ0v) is 10.5. The molecule has 0 saturated heterocycles. The van der Waals surface area contributed by atoms with Crippen LogP contribution in [0.3, 0.4) is 0 Å². The van der Waals surface area contributed by atoms with Crippen LogP contribution in [0.5, 0.6) is 11.5 Å².